The number of nitrogens with one attached hydrogen (secondary N) is 1. The third kappa shape index (κ3) is 4.22. The Kier molecular flexibility index (Phi) is 5.57. The maximum absolute atomic E-state index is 10.6. The van der Waals surface area contributed by atoms with E-state index in [0.29, 0.717) is 35.1 Å². The van der Waals surface area contributed by atoms with Crippen molar-refractivity contribution in [2.24, 2.45) is 0 Å². The van der Waals surface area contributed by atoms with Crippen molar-refractivity contribution in [3.8, 4) is 40.0 Å². The number of aromatic nitrogens is 2. The molecule has 0 saturated heterocycles. The summed E-state index contributed by atoms with van der Waals surface area (Å²) >= 11 is 0. The van der Waals surface area contributed by atoms with Crippen LogP contribution in [0.2, 0.25) is 0 Å². The minimum atomic E-state index is 0.0705. The van der Waals surface area contributed by atoms with Crippen molar-refractivity contribution in [3.05, 3.63) is 84.1 Å². The zero-order chi connectivity index (χ0) is 20.9. The predicted octanol–water partition coefficient (Wildman–Crippen LogP) is 5.47. The maximum atomic E-state index is 10.6. The van der Waals surface area contributed by atoms with Gasteiger partial charge >= 0.3 is 0 Å². The van der Waals surface area contributed by atoms with Crippen molar-refractivity contribution in [2.75, 3.05) is 7.11 Å². The van der Waals surface area contributed by atoms with Crippen LogP contribution in [0.1, 0.15) is 11.1 Å². The highest BCUT2D eigenvalue weighted by molar-refractivity contribution is 5.73. The quantitative estimate of drug-likeness (QED) is 0.429. The van der Waals surface area contributed by atoms with Crippen molar-refractivity contribution >= 4 is 0 Å². The number of hydrogen-bond donors (Lipinski definition) is 2. The van der Waals surface area contributed by atoms with Crippen molar-refractivity contribution in [3.63, 3.8) is 0 Å². The molecule has 0 amide bonds. The largest absolute Gasteiger partial charge is 0.507 e. The van der Waals surface area contributed by atoms with Crippen molar-refractivity contribution in [1.82, 2.24) is 10.2 Å². The highest BCUT2D eigenvalue weighted by Gasteiger charge is 2.15. The highest BCUT2D eigenvalue weighted by atomic mass is 16.5. The van der Waals surface area contributed by atoms with E-state index in [1.54, 1.807) is 37.6 Å². The van der Waals surface area contributed by atoms with Gasteiger partial charge in [0, 0.05) is 11.6 Å². The molecule has 6 heteroatoms. The van der Waals surface area contributed by atoms with Crippen LogP contribution in [-0.2, 0) is 6.61 Å². The van der Waals surface area contributed by atoms with E-state index in [1.165, 1.54) is 0 Å². The number of phenolic OH excluding ortho intramolecular Hbond substituents is 1. The summed E-state index contributed by atoms with van der Waals surface area (Å²) < 4.78 is 16.9. The van der Waals surface area contributed by atoms with Gasteiger partial charge in [-0.3, -0.25) is 5.10 Å². The summed E-state index contributed by atoms with van der Waals surface area (Å²) in [6.07, 6.45) is 1.57. The van der Waals surface area contributed by atoms with Crippen LogP contribution < -0.4 is 14.2 Å². The molecule has 1 heterocycles. The number of aromatic amines is 1. The van der Waals surface area contributed by atoms with E-state index in [4.69, 9.17) is 14.2 Å². The van der Waals surface area contributed by atoms with Gasteiger partial charge in [0.1, 0.15) is 35.3 Å². The van der Waals surface area contributed by atoms with Crippen LogP contribution >= 0.6 is 0 Å². The Hall–Kier alpha value is -3.93. The fourth-order valence-corrected chi connectivity index (χ4v) is 3.06. The van der Waals surface area contributed by atoms with E-state index in [0.717, 1.165) is 16.9 Å². The lowest BCUT2D eigenvalue weighted by molar-refractivity contribution is 0.303. The molecule has 0 radical (unpaired) electrons. The molecule has 0 aliphatic rings. The molecule has 0 unspecified atom stereocenters. The molecule has 0 aliphatic carbocycles. The van der Waals surface area contributed by atoms with E-state index in [1.807, 2.05) is 49.4 Å². The van der Waals surface area contributed by atoms with Gasteiger partial charge in [-0.15, -0.1) is 0 Å². The van der Waals surface area contributed by atoms with Gasteiger partial charge in [0.05, 0.1) is 13.3 Å². The van der Waals surface area contributed by atoms with E-state index < -0.39 is 0 Å². The van der Waals surface area contributed by atoms with Crippen LogP contribution in [0.3, 0.4) is 0 Å². The molecule has 4 rings (SSSR count). The molecule has 0 aliphatic heterocycles. The van der Waals surface area contributed by atoms with Crippen molar-refractivity contribution in [2.45, 2.75) is 13.5 Å². The van der Waals surface area contributed by atoms with Gasteiger partial charge in [-0.05, 0) is 54.4 Å². The smallest absolute Gasteiger partial charge is 0.173 e. The summed E-state index contributed by atoms with van der Waals surface area (Å²) in [4.78, 5) is 0. The maximum Gasteiger partial charge on any atom is 0.173 e. The summed E-state index contributed by atoms with van der Waals surface area (Å²) in [7, 11) is 1.61. The van der Waals surface area contributed by atoms with Crippen LogP contribution in [-0.4, -0.2) is 22.4 Å². The van der Waals surface area contributed by atoms with Gasteiger partial charge in [0.2, 0.25) is 0 Å². The number of rotatable bonds is 7. The average molecular weight is 402 g/mol. The Bertz CT molecular complexity index is 1140. The Labute approximate surface area is 174 Å². The van der Waals surface area contributed by atoms with E-state index in [2.05, 4.69) is 10.2 Å². The van der Waals surface area contributed by atoms with Crippen LogP contribution in [0.4, 0.5) is 0 Å². The Balaban J connectivity index is 1.51. The van der Waals surface area contributed by atoms with Gasteiger partial charge in [-0.25, -0.2) is 0 Å². The number of aryl methyl sites for hydroxylation is 1. The first kappa shape index (κ1) is 19.4. The van der Waals surface area contributed by atoms with Gasteiger partial charge in [-0.1, -0.05) is 24.3 Å². The third-order valence-electron chi connectivity index (χ3n) is 4.79. The second-order valence-electron chi connectivity index (χ2n) is 6.78. The Morgan fingerprint density at radius 1 is 0.933 bits per heavy atom. The first-order chi connectivity index (χ1) is 14.6. The molecule has 1 aromatic heterocycles. The molecule has 0 saturated carbocycles. The highest BCUT2D eigenvalue weighted by Crippen LogP contribution is 2.38. The molecule has 3 aromatic carbocycles. The number of hydrogen-bond acceptors (Lipinski definition) is 5. The number of ether oxygens (including phenoxy) is 3. The SMILES string of the molecule is COc1ccc(Oc2cn[nH]c2-c2ccc(OCc3ccccc3C)cc2O)cc1. The predicted molar refractivity (Wildman–Crippen MR) is 114 cm³/mol. The standard InChI is InChI=1S/C24H22N2O4/c1-16-5-3-4-6-17(16)15-29-20-11-12-21(22(27)13-20)24-23(14-25-26-24)30-19-9-7-18(28-2)8-10-19/h3-14,27H,15H2,1-2H3,(H,25,26). The second-order valence-corrected chi connectivity index (χ2v) is 6.78. The van der Waals surface area contributed by atoms with Crippen molar-refractivity contribution < 1.29 is 19.3 Å². The fourth-order valence-electron chi connectivity index (χ4n) is 3.06. The lowest BCUT2D eigenvalue weighted by atomic mass is 10.1. The summed E-state index contributed by atoms with van der Waals surface area (Å²) in [6.45, 7) is 2.48. The Morgan fingerprint density at radius 3 is 2.40 bits per heavy atom. The van der Waals surface area contributed by atoms with Crippen LogP contribution in [0.25, 0.3) is 11.3 Å². The summed E-state index contributed by atoms with van der Waals surface area (Å²) in [5, 5.41) is 17.5. The number of benzene rings is 3. The molecule has 0 fully saturated rings. The number of nitrogens with zero attached hydrogens (tertiary/aromatic N) is 1. The van der Waals surface area contributed by atoms with Crippen LogP contribution in [0.15, 0.2) is 72.9 Å². The molecule has 2 N–H and O–H groups in total. The minimum absolute atomic E-state index is 0.0705. The summed E-state index contributed by atoms with van der Waals surface area (Å²) in [5.41, 5.74) is 3.41. The lowest BCUT2D eigenvalue weighted by Gasteiger charge is -2.11. The second kappa shape index (κ2) is 8.61. The molecule has 4 aromatic rings. The molecular weight excluding hydrogens is 380 g/mol. The molecule has 30 heavy (non-hydrogen) atoms. The van der Waals surface area contributed by atoms with E-state index >= 15 is 0 Å². The number of methoxy groups -OCH3 is 1. The fraction of sp³-hybridized carbons (Fsp3) is 0.125. The van der Waals surface area contributed by atoms with Gasteiger partial charge in [0.25, 0.3) is 0 Å². The topological polar surface area (TPSA) is 76.6 Å². The monoisotopic (exact) mass is 402 g/mol. The summed E-state index contributed by atoms with van der Waals surface area (Å²) in [5.74, 6) is 2.53. The van der Waals surface area contributed by atoms with Gasteiger partial charge in [-0.2, -0.15) is 5.10 Å². The van der Waals surface area contributed by atoms with Gasteiger partial charge < -0.3 is 19.3 Å². The van der Waals surface area contributed by atoms with Crippen LogP contribution in [0.5, 0.6) is 28.7 Å². The Morgan fingerprint density at radius 2 is 1.67 bits per heavy atom. The summed E-state index contributed by atoms with van der Waals surface area (Å²) in [6, 6.07) is 20.5. The van der Waals surface area contributed by atoms with Gasteiger partial charge in [0.15, 0.2) is 5.75 Å². The molecule has 0 atom stereocenters. The third-order valence-corrected chi connectivity index (χ3v) is 4.79. The first-order valence-electron chi connectivity index (χ1n) is 9.50. The van der Waals surface area contributed by atoms with E-state index in [-0.39, 0.29) is 5.75 Å². The molecule has 0 spiro atoms. The van der Waals surface area contributed by atoms with E-state index in [9.17, 15) is 5.11 Å². The lowest BCUT2D eigenvalue weighted by Crippen LogP contribution is -1.97. The van der Waals surface area contributed by atoms with Crippen molar-refractivity contribution in [1.29, 1.82) is 0 Å². The van der Waals surface area contributed by atoms with Crippen LogP contribution in [0, 0.1) is 6.92 Å². The molecule has 0 bridgehead atoms. The number of aromatic hydroxyl groups is 1. The number of H-pyrrole nitrogens is 1. The molecule has 152 valence electrons. The molecule has 6 nitrogen and oxygen atoms in total. The minimum Gasteiger partial charge on any atom is -0.507 e. The average Bonchev–Trinajstić information content (AvgIpc) is 3.21. The zero-order valence-electron chi connectivity index (χ0n) is 16.8. The normalized spacial score (nSPS) is 10.6. The molecular formula is C24H22N2O4. The number of phenols is 1. The first-order valence-corrected chi connectivity index (χ1v) is 9.50. The zero-order valence-corrected chi connectivity index (χ0v) is 16.8.